The zero-order valence-electron chi connectivity index (χ0n) is 11.3. The van der Waals surface area contributed by atoms with Crippen LogP contribution in [0.1, 0.15) is 18.1 Å². The van der Waals surface area contributed by atoms with Crippen LogP contribution >= 0.6 is 0 Å². The van der Waals surface area contributed by atoms with Crippen LogP contribution in [0.4, 0.5) is 11.4 Å². The second-order valence-electron chi connectivity index (χ2n) is 4.71. The molecule has 0 unspecified atom stereocenters. The number of aryl methyl sites for hydroxylation is 1. The average Bonchev–Trinajstić information content (AvgIpc) is 2.81. The molecule has 0 aromatic heterocycles. The summed E-state index contributed by atoms with van der Waals surface area (Å²) < 4.78 is 0. The van der Waals surface area contributed by atoms with Gasteiger partial charge in [-0.1, -0.05) is 43.3 Å². The van der Waals surface area contributed by atoms with E-state index in [0.717, 1.165) is 23.4 Å². The Hall–Kier alpha value is -2.55. The fourth-order valence-electron chi connectivity index (χ4n) is 2.40. The van der Waals surface area contributed by atoms with Gasteiger partial charge in [-0.3, -0.25) is 4.79 Å². The van der Waals surface area contributed by atoms with Crippen molar-refractivity contribution < 1.29 is 4.79 Å². The number of carbonyl (C=O) groups excluding carboxylic acids is 1. The summed E-state index contributed by atoms with van der Waals surface area (Å²) in [5.41, 5.74) is 4.76. The summed E-state index contributed by atoms with van der Waals surface area (Å²) in [6.45, 7) is 2.12. The highest BCUT2D eigenvalue weighted by Gasteiger charge is 2.23. The smallest absolute Gasteiger partial charge is 0.257 e. The van der Waals surface area contributed by atoms with E-state index in [1.54, 1.807) is 6.20 Å². The number of rotatable bonds is 3. The van der Waals surface area contributed by atoms with E-state index in [1.165, 1.54) is 5.56 Å². The summed E-state index contributed by atoms with van der Waals surface area (Å²) in [5, 5.41) is 6.12. The summed E-state index contributed by atoms with van der Waals surface area (Å²) in [6, 6.07) is 15.8. The number of para-hydroxylation sites is 2. The van der Waals surface area contributed by atoms with Gasteiger partial charge >= 0.3 is 0 Å². The van der Waals surface area contributed by atoms with E-state index in [-0.39, 0.29) is 5.91 Å². The Labute approximate surface area is 118 Å². The van der Waals surface area contributed by atoms with Gasteiger partial charge in [-0.25, -0.2) is 0 Å². The third kappa shape index (κ3) is 2.18. The normalized spacial score (nSPS) is 15.1. The van der Waals surface area contributed by atoms with Crippen LogP contribution in [0.25, 0.3) is 5.57 Å². The molecule has 0 fully saturated rings. The van der Waals surface area contributed by atoms with Gasteiger partial charge < -0.3 is 10.6 Å². The van der Waals surface area contributed by atoms with E-state index in [2.05, 4.69) is 23.6 Å². The van der Waals surface area contributed by atoms with Crippen LogP contribution in [0, 0.1) is 0 Å². The van der Waals surface area contributed by atoms with Crippen molar-refractivity contribution in [3.63, 3.8) is 0 Å². The van der Waals surface area contributed by atoms with E-state index >= 15 is 0 Å². The van der Waals surface area contributed by atoms with Crippen molar-refractivity contribution >= 4 is 22.9 Å². The van der Waals surface area contributed by atoms with E-state index in [1.807, 2.05) is 42.5 Å². The van der Waals surface area contributed by atoms with Gasteiger partial charge in [0.1, 0.15) is 0 Å². The number of anilines is 2. The molecule has 0 spiro atoms. The number of amides is 1. The first-order chi connectivity index (χ1) is 9.79. The quantitative estimate of drug-likeness (QED) is 0.831. The Morgan fingerprint density at radius 2 is 1.85 bits per heavy atom. The highest BCUT2D eigenvalue weighted by molar-refractivity contribution is 6.31. The first-order valence-electron chi connectivity index (χ1n) is 6.75. The van der Waals surface area contributed by atoms with Gasteiger partial charge in [-0.15, -0.1) is 0 Å². The fourth-order valence-corrected chi connectivity index (χ4v) is 2.40. The van der Waals surface area contributed by atoms with Gasteiger partial charge in [0.2, 0.25) is 0 Å². The van der Waals surface area contributed by atoms with E-state index in [9.17, 15) is 4.79 Å². The maximum atomic E-state index is 12.0. The van der Waals surface area contributed by atoms with Crippen molar-refractivity contribution in [2.75, 3.05) is 10.6 Å². The van der Waals surface area contributed by atoms with Gasteiger partial charge in [0.05, 0.1) is 5.57 Å². The van der Waals surface area contributed by atoms with E-state index < -0.39 is 0 Å². The lowest BCUT2D eigenvalue weighted by atomic mass is 10.1. The van der Waals surface area contributed by atoms with Gasteiger partial charge in [-0.05, 0) is 24.1 Å². The largest absolute Gasteiger partial charge is 0.361 e. The molecule has 0 bridgehead atoms. The Kier molecular flexibility index (Phi) is 3.25. The second kappa shape index (κ2) is 5.21. The molecule has 0 radical (unpaired) electrons. The molecule has 20 heavy (non-hydrogen) atoms. The van der Waals surface area contributed by atoms with Crippen molar-refractivity contribution in [2.24, 2.45) is 0 Å². The molecule has 3 rings (SSSR count). The van der Waals surface area contributed by atoms with Crippen LogP contribution in [0.5, 0.6) is 0 Å². The monoisotopic (exact) mass is 264 g/mol. The standard InChI is InChI=1S/C17H16N2O/c1-2-12-7-3-5-9-15(12)18-11-14-13-8-4-6-10-16(13)19-17(14)20/h3-11,18H,2H2,1H3,(H,19,20)/b14-11+. The number of nitrogens with one attached hydrogen (secondary N) is 2. The molecule has 100 valence electrons. The zero-order valence-corrected chi connectivity index (χ0v) is 11.3. The number of carbonyl (C=O) groups is 1. The minimum absolute atomic E-state index is 0.0623. The molecule has 0 saturated heterocycles. The van der Waals surface area contributed by atoms with Gasteiger partial charge in [-0.2, -0.15) is 0 Å². The first-order valence-corrected chi connectivity index (χ1v) is 6.75. The molecule has 0 saturated carbocycles. The molecule has 0 aliphatic carbocycles. The van der Waals surface area contributed by atoms with Crippen LogP contribution < -0.4 is 10.6 Å². The third-order valence-electron chi connectivity index (χ3n) is 3.48. The van der Waals surface area contributed by atoms with Gasteiger partial charge in [0, 0.05) is 23.1 Å². The van der Waals surface area contributed by atoms with Crippen LogP contribution in [0.15, 0.2) is 54.7 Å². The van der Waals surface area contributed by atoms with Crippen molar-refractivity contribution in [3.05, 3.63) is 65.9 Å². The Balaban J connectivity index is 1.92. The van der Waals surface area contributed by atoms with Crippen LogP contribution in [-0.2, 0) is 11.2 Å². The van der Waals surface area contributed by atoms with Crippen molar-refractivity contribution in [1.29, 1.82) is 0 Å². The van der Waals surface area contributed by atoms with Crippen LogP contribution in [0.2, 0.25) is 0 Å². The SMILES string of the molecule is CCc1ccccc1N/C=C1/C(=O)Nc2ccccc21. The van der Waals surface area contributed by atoms with Crippen molar-refractivity contribution in [1.82, 2.24) is 0 Å². The van der Waals surface area contributed by atoms with E-state index in [4.69, 9.17) is 0 Å². The predicted octanol–water partition coefficient (Wildman–Crippen LogP) is 3.65. The number of benzene rings is 2. The number of hydrogen-bond acceptors (Lipinski definition) is 2. The summed E-state index contributed by atoms with van der Waals surface area (Å²) in [5.74, 6) is -0.0623. The summed E-state index contributed by atoms with van der Waals surface area (Å²) in [7, 11) is 0. The molecule has 3 nitrogen and oxygen atoms in total. The highest BCUT2D eigenvalue weighted by atomic mass is 16.2. The average molecular weight is 264 g/mol. The molecule has 1 amide bonds. The summed E-state index contributed by atoms with van der Waals surface area (Å²) in [4.78, 5) is 12.0. The minimum atomic E-state index is -0.0623. The molecule has 2 N–H and O–H groups in total. The maximum Gasteiger partial charge on any atom is 0.257 e. The topological polar surface area (TPSA) is 41.1 Å². The molecule has 3 heteroatoms. The number of fused-ring (bicyclic) bond motifs is 1. The maximum absolute atomic E-state index is 12.0. The van der Waals surface area contributed by atoms with Crippen LogP contribution in [0.3, 0.4) is 0 Å². The zero-order chi connectivity index (χ0) is 13.9. The summed E-state index contributed by atoms with van der Waals surface area (Å²) >= 11 is 0. The first kappa shape index (κ1) is 12.5. The lowest BCUT2D eigenvalue weighted by Gasteiger charge is -2.07. The Morgan fingerprint density at radius 3 is 2.70 bits per heavy atom. The lowest BCUT2D eigenvalue weighted by Crippen LogP contribution is -2.05. The molecule has 2 aromatic rings. The molecule has 1 aliphatic rings. The minimum Gasteiger partial charge on any atom is -0.361 e. The highest BCUT2D eigenvalue weighted by Crippen LogP contribution is 2.31. The van der Waals surface area contributed by atoms with E-state index in [0.29, 0.717) is 5.57 Å². The molecular formula is C17H16N2O. The Bertz CT molecular complexity index is 689. The molecule has 1 heterocycles. The molecule has 1 aliphatic heterocycles. The van der Waals surface area contributed by atoms with Crippen LogP contribution in [-0.4, -0.2) is 5.91 Å². The lowest BCUT2D eigenvalue weighted by molar-refractivity contribution is -0.110. The van der Waals surface area contributed by atoms with Crippen molar-refractivity contribution in [3.8, 4) is 0 Å². The van der Waals surface area contributed by atoms with Crippen molar-refractivity contribution in [2.45, 2.75) is 13.3 Å². The molecule has 0 atom stereocenters. The van der Waals surface area contributed by atoms with Gasteiger partial charge in [0.15, 0.2) is 0 Å². The second-order valence-corrected chi connectivity index (χ2v) is 4.71. The Morgan fingerprint density at radius 1 is 1.10 bits per heavy atom. The third-order valence-corrected chi connectivity index (χ3v) is 3.48. The fraction of sp³-hybridized carbons (Fsp3) is 0.118. The molecule has 2 aromatic carbocycles. The summed E-state index contributed by atoms with van der Waals surface area (Å²) in [6.07, 6.45) is 2.74. The van der Waals surface area contributed by atoms with Gasteiger partial charge in [0.25, 0.3) is 5.91 Å². The number of hydrogen-bond donors (Lipinski definition) is 2. The molecular weight excluding hydrogens is 248 g/mol. The predicted molar refractivity (Wildman–Crippen MR) is 82.5 cm³/mol.